The second-order valence-electron chi connectivity index (χ2n) is 11.6. The molecule has 0 fully saturated rings. The second-order valence-corrected chi connectivity index (χ2v) is 11.6. The molecule has 0 bridgehead atoms. The second kappa shape index (κ2) is 33.6. The van der Waals surface area contributed by atoms with Gasteiger partial charge in [-0.1, -0.05) is 200 Å². The molecule has 0 aromatic carbocycles. The van der Waals surface area contributed by atoms with Crippen LogP contribution in [0.4, 0.5) is 0 Å². The normalized spacial score (nSPS) is 11.2. The summed E-state index contributed by atoms with van der Waals surface area (Å²) in [7, 11) is 0. The Balaban J connectivity index is 3.00. The van der Waals surface area contributed by atoms with Crippen molar-refractivity contribution in [1.29, 1.82) is 0 Å². The molecule has 0 N–H and O–H groups in total. The van der Waals surface area contributed by atoms with Gasteiger partial charge in [0.05, 0.1) is 0 Å². The third-order valence-electron chi connectivity index (χ3n) is 7.92. The molecule has 0 aliphatic carbocycles. The van der Waals surface area contributed by atoms with Crippen LogP contribution >= 0.6 is 0 Å². The molecule has 0 saturated carbocycles. The van der Waals surface area contributed by atoms with Crippen LogP contribution in [0.3, 0.4) is 0 Å². The average Bonchev–Trinajstić information content (AvgIpc) is 2.87. The van der Waals surface area contributed by atoms with Crippen molar-refractivity contribution in [1.82, 2.24) is 0 Å². The van der Waals surface area contributed by atoms with E-state index < -0.39 is 0 Å². The van der Waals surface area contributed by atoms with Crippen molar-refractivity contribution in [3.8, 4) is 12.3 Å². The van der Waals surface area contributed by atoms with Crippen LogP contribution in [-0.4, -0.2) is 0 Å². The van der Waals surface area contributed by atoms with Gasteiger partial charge in [0, 0.05) is 6.42 Å². The Hall–Kier alpha value is -0.440. The van der Waals surface area contributed by atoms with Crippen molar-refractivity contribution >= 4 is 0 Å². The monoisotopic (exact) mass is 489 g/mol. The first kappa shape index (κ1) is 34.6. The summed E-state index contributed by atoms with van der Waals surface area (Å²) in [5.74, 6) is 2.74. The number of hydrogen-bond donors (Lipinski definition) is 0. The maximum Gasteiger partial charge on any atom is 0.00860 e. The summed E-state index contributed by atoms with van der Waals surface area (Å²) in [6, 6.07) is 0. The molecule has 0 heteroatoms. The SMILES string of the molecule is C#CCCCCCCCCCCCCCCCCCCCCCCCCCCCCCCCCC. The van der Waals surface area contributed by atoms with E-state index in [1.165, 1.54) is 199 Å². The molecule has 0 atom stereocenters. The molecule has 0 aliphatic rings. The zero-order valence-electron chi connectivity index (χ0n) is 24.7. The van der Waals surface area contributed by atoms with Crippen molar-refractivity contribution in [2.45, 2.75) is 212 Å². The molecule has 0 amide bonds. The van der Waals surface area contributed by atoms with Crippen LogP contribution in [0, 0.1) is 12.3 Å². The molecule has 208 valence electrons. The van der Waals surface area contributed by atoms with Crippen LogP contribution in [0.2, 0.25) is 0 Å². The Morgan fingerprint density at radius 3 is 0.629 bits per heavy atom. The first-order chi connectivity index (χ1) is 17.4. The third-order valence-corrected chi connectivity index (χ3v) is 7.92. The minimum Gasteiger partial charge on any atom is -0.120 e. The summed E-state index contributed by atoms with van der Waals surface area (Å²) in [5, 5.41) is 0. The van der Waals surface area contributed by atoms with E-state index in [4.69, 9.17) is 6.42 Å². The Morgan fingerprint density at radius 2 is 0.457 bits per heavy atom. The van der Waals surface area contributed by atoms with E-state index >= 15 is 0 Å². The van der Waals surface area contributed by atoms with Gasteiger partial charge in [0.15, 0.2) is 0 Å². The number of unbranched alkanes of at least 4 members (excludes halogenated alkanes) is 31. The highest BCUT2D eigenvalue weighted by atomic mass is 14.0. The Bertz CT molecular complexity index is 389. The molecule has 0 unspecified atom stereocenters. The van der Waals surface area contributed by atoms with Gasteiger partial charge in [-0.15, -0.1) is 12.3 Å². The lowest BCUT2D eigenvalue weighted by atomic mass is 10.0. The van der Waals surface area contributed by atoms with Gasteiger partial charge in [-0.25, -0.2) is 0 Å². The highest BCUT2D eigenvalue weighted by molar-refractivity contribution is 4.82. The number of hydrogen-bond acceptors (Lipinski definition) is 0. The van der Waals surface area contributed by atoms with Crippen LogP contribution in [0.1, 0.15) is 212 Å². The lowest BCUT2D eigenvalue weighted by molar-refractivity contribution is 0.512. The van der Waals surface area contributed by atoms with Crippen molar-refractivity contribution in [2.75, 3.05) is 0 Å². The number of rotatable bonds is 31. The van der Waals surface area contributed by atoms with Crippen LogP contribution in [0.5, 0.6) is 0 Å². The van der Waals surface area contributed by atoms with E-state index in [0.717, 1.165) is 6.42 Å². The van der Waals surface area contributed by atoms with Gasteiger partial charge in [-0.2, -0.15) is 0 Å². The minimum absolute atomic E-state index is 0.972. The van der Waals surface area contributed by atoms with Gasteiger partial charge in [-0.05, 0) is 6.42 Å². The standard InChI is InChI=1S/C35H68/c1-3-5-7-9-11-13-15-17-19-21-23-25-27-29-31-33-35-34-32-30-28-26-24-22-20-18-16-14-12-10-8-6-4-2/h1H,4-35H2,2H3. The molecule has 0 saturated heterocycles. The molecule has 35 heavy (non-hydrogen) atoms. The molecule has 0 rings (SSSR count). The van der Waals surface area contributed by atoms with Crippen LogP contribution < -0.4 is 0 Å². The molecule has 0 spiro atoms. The van der Waals surface area contributed by atoms with Gasteiger partial charge in [0.25, 0.3) is 0 Å². The van der Waals surface area contributed by atoms with E-state index in [2.05, 4.69) is 12.8 Å². The summed E-state index contributed by atoms with van der Waals surface area (Å²) < 4.78 is 0. The lowest BCUT2D eigenvalue weighted by Crippen LogP contribution is -1.85. The van der Waals surface area contributed by atoms with E-state index in [-0.39, 0.29) is 0 Å². The molecule has 0 aromatic heterocycles. The van der Waals surface area contributed by atoms with Crippen LogP contribution in [0.25, 0.3) is 0 Å². The molecule has 0 aromatic rings. The maximum absolute atomic E-state index is 5.29. The first-order valence-corrected chi connectivity index (χ1v) is 16.8. The van der Waals surface area contributed by atoms with Crippen LogP contribution in [-0.2, 0) is 0 Å². The molecule has 0 aliphatic heterocycles. The molecular formula is C35H68. The Kier molecular flexibility index (Phi) is 33.1. The Labute approximate surface area is 224 Å². The highest BCUT2D eigenvalue weighted by Crippen LogP contribution is 2.16. The van der Waals surface area contributed by atoms with Gasteiger partial charge in [0.1, 0.15) is 0 Å². The summed E-state index contributed by atoms with van der Waals surface area (Å²) >= 11 is 0. The van der Waals surface area contributed by atoms with Gasteiger partial charge < -0.3 is 0 Å². The van der Waals surface area contributed by atoms with Gasteiger partial charge in [0.2, 0.25) is 0 Å². The van der Waals surface area contributed by atoms with Crippen LogP contribution in [0.15, 0.2) is 0 Å². The molecule has 0 nitrogen and oxygen atoms in total. The topological polar surface area (TPSA) is 0 Å². The maximum atomic E-state index is 5.29. The van der Waals surface area contributed by atoms with Gasteiger partial charge in [-0.3, -0.25) is 0 Å². The van der Waals surface area contributed by atoms with Crippen molar-refractivity contribution < 1.29 is 0 Å². The van der Waals surface area contributed by atoms with E-state index in [9.17, 15) is 0 Å². The zero-order chi connectivity index (χ0) is 25.3. The molecular weight excluding hydrogens is 420 g/mol. The largest absolute Gasteiger partial charge is 0.120 e. The molecule has 0 heterocycles. The summed E-state index contributed by atoms with van der Waals surface area (Å²) in [6.45, 7) is 2.31. The average molecular weight is 489 g/mol. The van der Waals surface area contributed by atoms with E-state index in [1.807, 2.05) is 0 Å². The summed E-state index contributed by atoms with van der Waals surface area (Å²) in [5.41, 5.74) is 0. The predicted octanol–water partition coefficient (Wildman–Crippen LogP) is 13.1. The van der Waals surface area contributed by atoms with E-state index in [0.29, 0.717) is 0 Å². The third kappa shape index (κ3) is 33.6. The lowest BCUT2D eigenvalue weighted by Gasteiger charge is -2.04. The van der Waals surface area contributed by atoms with Crippen molar-refractivity contribution in [3.05, 3.63) is 0 Å². The van der Waals surface area contributed by atoms with Gasteiger partial charge >= 0.3 is 0 Å². The fraction of sp³-hybridized carbons (Fsp3) is 0.943. The zero-order valence-corrected chi connectivity index (χ0v) is 24.7. The fourth-order valence-corrected chi connectivity index (χ4v) is 5.43. The highest BCUT2D eigenvalue weighted by Gasteiger charge is 1.97. The predicted molar refractivity (Wildman–Crippen MR) is 162 cm³/mol. The molecule has 0 radical (unpaired) electrons. The smallest absolute Gasteiger partial charge is 0.00860 e. The van der Waals surface area contributed by atoms with Crippen molar-refractivity contribution in [3.63, 3.8) is 0 Å². The quantitative estimate of drug-likeness (QED) is 0.0672. The summed E-state index contributed by atoms with van der Waals surface area (Å²) in [6.07, 6.45) is 51.5. The first-order valence-electron chi connectivity index (χ1n) is 16.8. The van der Waals surface area contributed by atoms with Crippen molar-refractivity contribution in [2.24, 2.45) is 0 Å². The number of terminal acetylenes is 1. The summed E-state index contributed by atoms with van der Waals surface area (Å²) in [4.78, 5) is 0. The fourth-order valence-electron chi connectivity index (χ4n) is 5.43. The van der Waals surface area contributed by atoms with E-state index in [1.54, 1.807) is 0 Å². The minimum atomic E-state index is 0.972. The Morgan fingerprint density at radius 1 is 0.286 bits per heavy atom.